The minimum atomic E-state index is 0.219. The zero-order valence-corrected chi connectivity index (χ0v) is 9.65. The Hall–Kier alpha value is -0.430. The molecule has 1 aromatic heterocycles. The fourth-order valence-electron chi connectivity index (χ4n) is 0.815. The van der Waals surface area contributed by atoms with Crippen LogP contribution in [-0.2, 0) is 0 Å². The molecule has 1 heterocycles. The second-order valence-electron chi connectivity index (χ2n) is 2.92. The summed E-state index contributed by atoms with van der Waals surface area (Å²) in [6.07, 6.45) is 4.49. The van der Waals surface area contributed by atoms with Crippen LogP contribution in [0.5, 0.6) is 0 Å². The number of halogens is 1. The van der Waals surface area contributed by atoms with Crippen molar-refractivity contribution in [3.05, 3.63) is 16.0 Å². The van der Waals surface area contributed by atoms with E-state index >= 15 is 0 Å². The molecule has 4 nitrogen and oxygen atoms in total. The van der Waals surface area contributed by atoms with E-state index in [2.05, 4.69) is 37.9 Å². The van der Waals surface area contributed by atoms with Gasteiger partial charge in [-0.25, -0.2) is 9.97 Å². The Bertz CT molecular complexity index is 247. The van der Waals surface area contributed by atoms with Crippen molar-refractivity contribution in [1.29, 1.82) is 0 Å². The van der Waals surface area contributed by atoms with E-state index in [4.69, 9.17) is 5.73 Å². The van der Waals surface area contributed by atoms with Crippen LogP contribution in [0.2, 0.25) is 0 Å². The Morgan fingerprint density at radius 2 is 2.15 bits per heavy atom. The monoisotopic (exact) mass is 292 g/mol. The Kier molecular flexibility index (Phi) is 4.37. The molecule has 0 amide bonds. The second-order valence-corrected chi connectivity index (χ2v) is 4.16. The van der Waals surface area contributed by atoms with E-state index in [0.29, 0.717) is 5.95 Å². The van der Waals surface area contributed by atoms with E-state index in [0.717, 1.165) is 16.5 Å². The van der Waals surface area contributed by atoms with Gasteiger partial charge in [0.2, 0.25) is 5.95 Å². The van der Waals surface area contributed by atoms with Crippen molar-refractivity contribution in [3.8, 4) is 0 Å². The predicted octanol–water partition coefficient (Wildman–Crippen LogP) is 1.23. The van der Waals surface area contributed by atoms with Gasteiger partial charge in [-0.3, -0.25) is 0 Å². The maximum absolute atomic E-state index is 5.60. The van der Waals surface area contributed by atoms with Gasteiger partial charge in [-0.05, 0) is 35.9 Å². The maximum atomic E-state index is 5.60. The Balaban J connectivity index is 2.33. The number of aromatic nitrogens is 2. The van der Waals surface area contributed by atoms with E-state index in [-0.39, 0.29) is 6.04 Å². The van der Waals surface area contributed by atoms with Gasteiger partial charge in [0.15, 0.2) is 0 Å². The zero-order chi connectivity index (χ0) is 9.68. The minimum Gasteiger partial charge on any atom is -0.354 e. The van der Waals surface area contributed by atoms with E-state index in [1.165, 1.54) is 0 Å². The summed E-state index contributed by atoms with van der Waals surface area (Å²) in [5.74, 6) is 0.668. The summed E-state index contributed by atoms with van der Waals surface area (Å²) in [6.45, 7) is 2.80. The largest absolute Gasteiger partial charge is 0.354 e. The van der Waals surface area contributed by atoms with Crippen LogP contribution in [0.3, 0.4) is 0 Å². The molecule has 0 aliphatic heterocycles. The molecule has 0 radical (unpaired) electrons. The molecule has 0 aromatic carbocycles. The van der Waals surface area contributed by atoms with Crippen LogP contribution in [0.25, 0.3) is 0 Å². The minimum absolute atomic E-state index is 0.219. The molecule has 0 fully saturated rings. The van der Waals surface area contributed by atoms with Crippen LogP contribution in [0.1, 0.15) is 13.3 Å². The van der Waals surface area contributed by atoms with Crippen LogP contribution in [0.15, 0.2) is 12.4 Å². The highest BCUT2D eigenvalue weighted by Gasteiger charge is 1.96. The van der Waals surface area contributed by atoms with Gasteiger partial charge in [-0.2, -0.15) is 0 Å². The fourth-order valence-corrected chi connectivity index (χ4v) is 1.09. The topological polar surface area (TPSA) is 63.8 Å². The molecular weight excluding hydrogens is 279 g/mol. The molecule has 0 saturated heterocycles. The smallest absolute Gasteiger partial charge is 0.222 e. The van der Waals surface area contributed by atoms with Crippen molar-refractivity contribution < 1.29 is 0 Å². The van der Waals surface area contributed by atoms with E-state index in [9.17, 15) is 0 Å². The number of nitrogens with two attached hydrogens (primary N) is 1. The van der Waals surface area contributed by atoms with Gasteiger partial charge >= 0.3 is 0 Å². The molecule has 0 spiro atoms. The number of hydrogen-bond acceptors (Lipinski definition) is 4. The first kappa shape index (κ1) is 10.6. The third-order valence-electron chi connectivity index (χ3n) is 1.50. The van der Waals surface area contributed by atoms with Crippen LogP contribution in [-0.4, -0.2) is 22.6 Å². The van der Waals surface area contributed by atoms with Crippen LogP contribution < -0.4 is 11.1 Å². The predicted molar refractivity (Wildman–Crippen MR) is 61.5 cm³/mol. The van der Waals surface area contributed by atoms with Gasteiger partial charge in [-0.1, -0.05) is 0 Å². The van der Waals surface area contributed by atoms with Crippen molar-refractivity contribution in [3.63, 3.8) is 0 Å². The summed E-state index contributed by atoms with van der Waals surface area (Å²) in [6, 6.07) is 0.219. The van der Waals surface area contributed by atoms with Gasteiger partial charge in [0, 0.05) is 28.6 Å². The maximum Gasteiger partial charge on any atom is 0.222 e. The second kappa shape index (κ2) is 5.33. The first-order chi connectivity index (χ1) is 6.18. The number of hydrogen-bond donors (Lipinski definition) is 2. The molecule has 1 aromatic rings. The lowest BCUT2D eigenvalue weighted by atomic mass is 10.2. The summed E-state index contributed by atoms with van der Waals surface area (Å²) >= 11 is 2.17. The number of nitrogens with zero attached hydrogens (tertiary/aromatic N) is 2. The number of rotatable bonds is 4. The molecule has 0 aliphatic rings. The molecule has 0 bridgehead atoms. The molecule has 5 heteroatoms. The highest BCUT2D eigenvalue weighted by Crippen LogP contribution is 2.02. The summed E-state index contributed by atoms with van der Waals surface area (Å²) in [5, 5.41) is 3.10. The lowest BCUT2D eigenvalue weighted by molar-refractivity contribution is 0.688. The molecular formula is C8H13IN4. The van der Waals surface area contributed by atoms with Gasteiger partial charge in [0.05, 0.1) is 0 Å². The summed E-state index contributed by atoms with van der Waals surface area (Å²) in [4.78, 5) is 8.21. The van der Waals surface area contributed by atoms with E-state index < -0.39 is 0 Å². The van der Waals surface area contributed by atoms with Crippen LogP contribution in [0, 0.1) is 3.57 Å². The summed E-state index contributed by atoms with van der Waals surface area (Å²) in [7, 11) is 0. The standard InChI is InChI=1S/C8H13IN4/c1-6(10)2-3-11-8-12-4-7(9)5-13-8/h4-6H,2-3,10H2,1H3,(H,11,12,13). The highest BCUT2D eigenvalue weighted by atomic mass is 127. The number of anilines is 1. The van der Waals surface area contributed by atoms with Crippen molar-refractivity contribution >= 4 is 28.5 Å². The molecule has 1 atom stereocenters. The van der Waals surface area contributed by atoms with Crippen LogP contribution >= 0.6 is 22.6 Å². The molecule has 1 unspecified atom stereocenters. The SMILES string of the molecule is CC(N)CCNc1ncc(I)cn1. The highest BCUT2D eigenvalue weighted by molar-refractivity contribution is 14.1. The molecule has 0 aliphatic carbocycles. The van der Waals surface area contributed by atoms with Crippen molar-refractivity contribution in [1.82, 2.24) is 9.97 Å². The molecule has 13 heavy (non-hydrogen) atoms. The zero-order valence-electron chi connectivity index (χ0n) is 7.50. The van der Waals surface area contributed by atoms with Gasteiger partial charge in [0.1, 0.15) is 0 Å². The van der Waals surface area contributed by atoms with Gasteiger partial charge < -0.3 is 11.1 Å². The average Bonchev–Trinajstić information content (AvgIpc) is 2.08. The molecule has 72 valence electrons. The lowest BCUT2D eigenvalue weighted by Crippen LogP contribution is -2.19. The summed E-state index contributed by atoms with van der Waals surface area (Å²) in [5.41, 5.74) is 5.60. The quantitative estimate of drug-likeness (QED) is 0.819. The van der Waals surface area contributed by atoms with E-state index in [1.54, 1.807) is 12.4 Å². The Labute approximate surface area is 91.5 Å². The van der Waals surface area contributed by atoms with Crippen molar-refractivity contribution in [2.75, 3.05) is 11.9 Å². The molecule has 0 saturated carbocycles. The third-order valence-corrected chi connectivity index (χ3v) is 2.06. The van der Waals surface area contributed by atoms with Crippen molar-refractivity contribution in [2.45, 2.75) is 19.4 Å². The third kappa shape index (κ3) is 4.37. The van der Waals surface area contributed by atoms with E-state index in [1.807, 2.05) is 6.92 Å². The Morgan fingerprint density at radius 1 is 1.54 bits per heavy atom. The first-order valence-corrected chi connectivity index (χ1v) is 5.23. The lowest BCUT2D eigenvalue weighted by Gasteiger charge is -2.06. The van der Waals surface area contributed by atoms with Gasteiger partial charge in [0.25, 0.3) is 0 Å². The molecule has 1 rings (SSSR count). The fraction of sp³-hybridized carbons (Fsp3) is 0.500. The van der Waals surface area contributed by atoms with Crippen LogP contribution in [0.4, 0.5) is 5.95 Å². The molecule has 3 N–H and O–H groups in total. The average molecular weight is 292 g/mol. The summed E-state index contributed by atoms with van der Waals surface area (Å²) < 4.78 is 1.04. The van der Waals surface area contributed by atoms with Gasteiger partial charge in [-0.15, -0.1) is 0 Å². The normalized spacial score (nSPS) is 12.5. The number of nitrogens with one attached hydrogen (secondary N) is 1. The Morgan fingerprint density at radius 3 is 2.69 bits per heavy atom. The first-order valence-electron chi connectivity index (χ1n) is 4.15. The van der Waals surface area contributed by atoms with Crippen molar-refractivity contribution in [2.24, 2.45) is 5.73 Å².